The van der Waals surface area contributed by atoms with Crippen molar-refractivity contribution in [3.63, 3.8) is 0 Å². The van der Waals surface area contributed by atoms with Crippen molar-refractivity contribution in [2.75, 3.05) is 13.6 Å². The standard InChI is InChI=1S/C14H19NO/c1-15(11-13-7-8-13)14(16)10-9-12-5-3-2-4-6-12/h2-6,13H,7-11H2,1H3. The Labute approximate surface area is 97.3 Å². The number of amides is 1. The minimum Gasteiger partial charge on any atom is -0.345 e. The maximum absolute atomic E-state index is 11.8. The minimum atomic E-state index is 0.274. The molecule has 1 aromatic carbocycles. The molecule has 2 rings (SSSR count). The zero-order chi connectivity index (χ0) is 11.4. The quantitative estimate of drug-likeness (QED) is 0.742. The molecule has 0 heterocycles. The fourth-order valence-electron chi connectivity index (χ4n) is 1.88. The highest BCUT2D eigenvalue weighted by Gasteiger charge is 2.24. The number of benzene rings is 1. The highest BCUT2D eigenvalue weighted by molar-refractivity contribution is 5.76. The van der Waals surface area contributed by atoms with Crippen molar-refractivity contribution in [2.24, 2.45) is 5.92 Å². The second kappa shape index (κ2) is 5.15. The number of hydrogen-bond acceptors (Lipinski definition) is 1. The fraction of sp³-hybridized carbons (Fsp3) is 0.500. The van der Waals surface area contributed by atoms with Gasteiger partial charge in [-0.05, 0) is 30.7 Å². The van der Waals surface area contributed by atoms with E-state index in [1.165, 1.54) is 18.4 Å². The number of rotatable bonds is 5. The van der Waals surface area contributed by atoms with Gasteiger partial charge in [0, 0.05) is 20.0 Å². The van der Waals surface area contributed by atoms with E-state index in [9.17, 15) is 4.79 Å². The van der Waals surface area contributed by atoms with E-state index in [1.54, 1.807) is 0 Å². The molecule has 0 atom stereocenters. The molecule has 86 valence electrons. The summed E-state index contributed by atoms with van der Waals surface area (Å²) in [6.45, 7) is 0.952. The third-order valence-electron chi connectivity index (χ3n) is 3.13. The molecule has 1 saturated carbocycles. The molecule has 0 aromatic heterocycles. The number of hydrogen-bond donors (Lipinski definition) is 0. The van der Waals surface area contributed by atoms with Gasteiger partial charge in [-0.25, -0.2) is 0 Å². The number of carbonyl (C=O) groups excluding carboxylic acids is 1. The van der Waals surface area contributed by atoms with E-state index in [2.05, 4.69) is 12.1 Å². The van der Waals surface area contributed by atoms with E-state index >= 15 is 0 Å². The zero-order valence-corrected chi connectivity index (χ0v) is 9.86. The van der Waals surface area contributed by atoms with Gasteiger partial charge in [-0.3, -0.25) is 4.79 Å². The van der Waals surface area contributed by atoms with Crippen LogP contribution in [0, 0.1) is 5.92 Å². The third kappa shape index (κ3) is 3.37. The van der Waals surface area contributed by atoms with E-state index in [1.807, 2.05) is 30.1 Å². The van der Waals surface area contributed by atoms with Gasteiger partial charge in [-0.2, -0.15) is 0 Å². The smallest absolute Gasteiger partial charge is 0.222 e. The van der Waals surface area contributed by atoms with Crippen molar-refractivity contribution in [1.82, 2.24) is 4.90 Å². The van der Waals surface area contributed by atoms with Gasteiger partial charge in [-0.15, -0.1) is 0 Å². The molecule has 1 aliphatic carbocycles. The molecule has 1 fully saturated rings. The summed E-state index contributed by atoms with van der Waals surface area (Å²) in [7, 11) is 1.92. The van der Waals surface area contributed by atoms with E-state index in [0.717, 1.165) is 18.9 Å². The normalized spacial score (nSPS) is 14.8. The first-order valence-electron chi connectivity index (χ1n) is 6.03. The Kier molecular flexibility index (Phi) is 3.60. The molecule has 0 unspecified atom stereocenters. The molecule has 0 N–H and O–H groups in total. The van der Waals surface area contributed by atoms with E-state index in [-0.39, 0.29) is 5.91 Å². The molecule has 2 nitrogen and oxygen atoms in total. The first kappa shape index (κ1) is 11.2. The molecule has 1 aromatic rings. The van der Waals surface area contributed by atoms with Crippen LogP contribution in [0.15, 0.2) is 30.3 Å². The highest BCUT2D eigenvalue weighted by Crippen LogP contribution is 2.29. The van der Waals surface area contributed by atoms with E-state index in [0.29, 0.717) is 6.42 Å². The van der Waals surface area contributed by atoms with Crippen LogP contribution in [0.3, 0.4) is 0 Å². The minimum absolute atomic E-state index is 0.274. The predicted octanol–water partition coefficient (Wildman–Crippen LogP) is 2.49. The van der Waals surface area contributed by atoms with Gasteiger partial charge >= 0.3 is 0 Å². The molecular formula is C14H19NO. The Morgan fingerprint density at radius 1 is 1.31 bits per heavy atom. The summed E-state index contributed by atoms with van der Waals surface area (Å²) in [5.41, 5.74) is 1.25. The lowest BCUT2D eigenvalue weighted by Gasteiger charge is -2.16. The van der Waals surface area contributed by atoms with Crippen LogP contribution in [0.25, 0.3) is 0 Å². The van der Waals surface area contributed by atoms with Crippen LogP contribution >= 0.6 is 0 Å². The molecule has 16 heavy (non-hydrogen) atoms. The molecule has 0 spiro atoms. The SMILES string of the molecule is CN(CC1CC1)C(=O)CCc1ccccc1. The molecule has 0 radical (unpaired) electrons. The summed E-state index contributed by atoms with van der Waals surface area (Å²) >= 11 is 0. The maximum atomic E-state index is 11.8. The van der Waals surface area contributed by atoms with Crippen LogP contribution in [-0.4, -0.2) is 24.4 Å². The lowest BCUT2D eigenvalue weighted by molar-refractivity contribution is -0.130. The van der Waals surface area contributed by atoms with Crippen LogP contribution in [0.1, 0.15) is 24.8 Å². The van der Waals surface area contributed by atoms with E-state index in [4.69, 9.17) is 0 Å². The van der Waals surface area contributed by atoms with Crippen LogP contribution < -0.4 is 0 Å². The van der Waals surface area contributed by atoms with Crippen molar-refractivity contribution in [3.05, 3.63) is 35.9 Å². The largest absolute Gasteiger partial charge is 0.345 e. The second-order valence-electron chi connectivity index (χ2n) is 4.70. The summed E-state index contributed by atoms with van der Waals surface area (Å²) in [6, 6.07) is 10.2. The summed E-state index contributed by atoms with van der Waals surface area (Å²) < 4.78 is 0. The third-order valence-corrected chi connectivity index (χ3v) is 3.13. The fourth-order valence-corrected chi connectivity index (χ4v) is 1.88. The van der Waals surface area contributed by atoms with Crippen LogP contribution in [0.2, 0.25) is 0 Å². The average Bonchev–Trinajstić information content (AvgIpc) is 3.11. The molecule has 0 bridgehead atoms. The lowest BCUT2D eigenvalue weighted by Crippen LogP contribution is -2.28. The van der Waals surface area contributed by atoms with Crippen molar-refractivity contribution in [2.45, 2.75) is 25.7 Å². The molecule has 1 amide bonds. The van der Waals surface area contributed by atoms with Gasteiger partial charge in [-0.1, -0.05) is 30.3 Å². The summed E-state index contributed by atoms with van der Waals surface area (Å²) in [4.78, 5) is 13.7. The highest BCUT2D eigenvalue weighted by atomic mass is 16.2. The molecule has 0 aliphatic heterocycles. The van der Waals surface area contributed by atoms with Crippen molar-refractivity contribution >= 4 is 5.91 Å². The molecule has 1 aliphatic rings. The zero-order valence-electron chi connectivity index (χ0n) is 9.86. The Bertz CT molecular complexity index is 343. The Morgan fingerprint density at radius 3 is 2.62 bits per heavy atom. The van der Waals surface area contributed by atoms with E-state index < -0.39 is 0 Å². The van der Waals surface area contributed by atoms with Crippen molar-refractivity contribution in [3.8, 4) is 0 Å². The van der Waals surface area contributed by atoms with Crippen LogP contribution in [0.4, 0.5) is 0 Å². The Morgan fingerprint density at radius 2 is 2.00 bits per heavy atom. The second-order valence-corrected chi connectivity index (χ2v) is 4.70. The number of carbonyl (C=O) groups is 1. The number of nitrogens with zero attached hydrogens (tertiary/aromatic N) is 1. The Balaban J connectivity index is 1.74. The Hall–Kier alpha value is -1.31. The lowest BCUT2D eigenvalue weighted by atomic mass is 10.1. The summed E-state index contributed by atoms with van der Waals surface area (Å²) in [5, 5.41) is 0. The average molecular weight is 217 g/mol. The summed E-state index contributed by atoms with van der Waals surface area (Å²) in [5.74, 6) is 1.06. The van der Waals surface area contributed by atoms with Gasteiger partial charge in [0.25, 0.3) is 0 Å². The maximum Gasteiger partial charge on any atom is 0.222 e. The molecule has 2 heteroatoms. The topological polar surface area (TPSA) is 20.3 Å². The van der Waals surface area contributed by atoms with Gasteiger partial charge in [0.15, 0.2) is 0 Å². The van der Waals surface area contributed by atoms with Gasteiger partial charge in [0.2, 0.25) is 5.91 Å². The van der Waals surface area contributed by atoms with Gasteiger partial charge in [0.1, 0.15) is 0 Å². The first-order valence-corrected chi connectivity index (χ1v) is 6.03. The summed E-state index contributed by atoms with van der Waals surface area (Å²) in [6.07, 6.45) is 4.09. The van der Waals surface area contributed by atoms with Crippen LogP contribution in [-0.2, 0) is 11.2 Å². The van der Waals surface area contributed by atoms with Gasteiger partial charge < -0.3 is 4.90 Å². The number of aryl methyl sites for hydroxylation is 1. The molecule has 0 saturated heterocycles. The van der Waals surface area contributed by atoms with Crippen molar-refractivity contribution < 1.29 is 4.79 Å². The predicted molar refractivity (Wildman–Crippen MR) is 65.1 cm³/mol. The first-order chi connectivity index (χ1) is 7.75. The van der Waals surface area contributed by atoms with Gasteiger partial charge in [0.05, 0.1) is 0 Å². The monoisotopic (exact) mass is 217 g/mol. The van der Waals surface area contributed by atoms with Crippen molar-refractivity contribution in [1.29, 1.82) is 0 Å². The molecular weight excluding hydrogens is 198 g/mol. The van der Waals surface area contributed by atoms with Crippen LogP contribution in [0.5, 0.6) is 0 Å².